The molecule has 5 heteroatoms. The molecule has 3 N–H and O–H groups in total. The zero-order valence-electron chi connectivity index (χ0n) is 13.6. The normalized spacial score (nSPS) is 13.5. The average Bonchev–Trinajstić information content (AvgIpc) is 2.48. The molecule has 0 aliphatic rings. The van der Waals surface area contributed by atoms with Crippen molar-refractivity contribution < 1.29 is 4.74 Å². The smallest absolute Gasteiger partial charge is 0.188 e. The molecule has 0 aromatic heterocycles. The molecule has 1 aromatic rings. The fraction of sp³-hybridized carbons (Fsp3) is 0.562. The van der Waals surface area contributed by atoms with Crippen LogP contribution in [0.25, 0.3) is 0 Å². The van der Waals surface area contributed by atoms with Crippen molar-refractivity contribution in [1.29, 1.82) is 0 Å². The number of aryl methyl sites for hydroxylation is 1. The first-order valence-corrected chi connectivity index (χ1v) is 7.36. The molecule has 0 spiro atoms. The van der Waals surface area contributed by atoms with E-state index in [2.05, 4.69) is 60.5 Å². The summed E-state index contributed by atoms with van der Waals surface area (Å²) >= 11 is 0. The minimum Gasteiger partial charge on any atom is -0.383 e. The van der Waals surface area contributed by atoms with Crippen LogP contribution in [0.5, 0.6) is 0 Å². The molecule has 1 unspecified atom stereocenters. The van der Waals surface area contributed by atoms with Gasteiger partial charge < -0.3 is 20.7 Å². The van der Waals surface area contributed by atoms with Crippen LogP contribution in [0, 0.1) is 0 Å². The fourth-order valence-corrected chi connectivity index (χ4v) is 2.06. The van der Waals surface area contributed by atoms with Gasteiger partial charge >= 0.3 is 0 Å². The lowest BCUT2D eigenvalue weighted by atomic mass is 10.0. The van der Waals surface area contributed by atoms with E-state index < -0.39 is 0 Å². The molecule has 0 radical (unpaired) electrons. The Hall–Kier alpha value is -1.59. The van der Waals surface area contributed by atoms with Crippen molar-refractivity contribution in [3.63, 3.8) is 0 Å². The number of nitrogens with two attached hydrogens (primary N) is 1. The van der Waals surface area contributed by atoms with E-state index in [-0.39, 0.29) is 6.04 Å². The van der Waals surface area contributed by atoms with E-state index in [9.17, 15) is 0 Å². The number of ether oxygens (including phenoxy) is 1. The third kappa shape index (κ3) is 6.14. The Kier molecular flexibility index (Phi) is 7.79. The first kappa shape index (κ1) is 17.5. The Labute approximate surface area is 128 Å². The Bertz CT molecular complexity index is 428. The van der Waals surface area contributed by atoms with Gasteiger partial charge in [-0.05, 0) is 31.6 Å². The first-order chi connectivity index (χ1) is 10.1. The van der Waals surface area contributed by atoms with Gasteiger partial charge in [-0.25, -0.2) is 0 Å². The molecular formula is C16H28N4O. The van der Waals surface area contributed by atoms with Crippen LogP contribution in [0.4, 0.5) is 0 Å². The summed E-state index contributed by atoms with van der Waals surface area (Å²) in [5.74, 6) is 0.462. The van der Waals surface area contributed by atoms with E-state index in [4.69, 9.17) is 10.5 Å². The highest BCUT2D eigenvalue weighted by Gasteiger charge is 2.13. The van der Waals surface area contributed by atoms with Crippen LogP contribution in [0.3, 0.4) is 0 Å². The molecule has 0 saturated carbocycles. The van der Waals surface area contributed by atoms with Gasteiger partial charge in [-0.2, -0.15) is 0 Å². The van der Waals surface area contributed by atoms with Crippen LogP contribution in [0.15, 0.2) is 29.3 Å². The van der Waals surface area contributed by atoms with Gasteiger partial charge in [0.15, 0.2) is 5.96 Å². The lowest BCUT2D eigenvalue weighted by Crippen LogP contribution is -2.35. The van der Waals surface area contributed by atoms with Crippen LogP contribution in [-0.4, -0.2) is 51.8 Å². The molecule has 0 aliphatic carbocycles. The van der Waals surface area contributed by atoms with Crippen LogP contribution in [0.2, 0.25) is 0 Å². The quantitative estimate of drug-likeness (QED) is 0.432. The molecule has 0 saturated heterocycles. The summed E-state index contributed by atoms with van der Waals surface area (Å²) in [6.45, 7) is 4.08. The molecule has 0 fully saturated rings. The van der Waals surface area contributed by atoms with Crippen molar-refractivity contribution in [2.75, 3.05) is 40.9 Å². The maximum absolute atomic E-state index is 5.85. The molecule has 1 aromatic carbocycles. The summed E-state index contributed by atoms with van der Waals surface area (Å²) < 4.78 is 4.97. The largest absolute Gasteiger partial charge is 0.383 e. The van der Waals surface area contributed by atoms with E-state index in [1.807, 2.05) is 0 Å². The van der Waals surface area contributed by atoms with Gasteiger partial charge in [0.25, 0.3) is 0 Å². The van der Waals surface area contributed by atoms with E-state index >= 15 is 0 Å². The Morgan fingerprint density at radius 3 is 2.52 bits per heavy atom. The maximum atomic E-state index is 5.85. The van der Waals surface area contributed by atoms with E-state index in [0.29, 0.717) is 25.7 Å². The standard InChI is InChI=1S/C16H28N4O/c1-5-13-6-8-14(9-7-13)15(20(2)3)12-19-16(17)18-10-11-21-4/h6-9,15H,5,10-12H2,1-4H3,(H3,17,18,19). The summed E-state index contributed by atoms with van der Waals surface area (Å²) in [6, 6.07) is 8.92. The second-order valence-electron chi connectivity index (χ2n) is 5.22. The van der Waals surface area contributed by atoms with Crippen molar-refractivity contribution in [3.05, 3.63) is 35.4 Å². The number of benzene rings is 1. The summed E-state index contributed by atoms with van der Waals surface area (Å²) in [4.78, 5) is 6.58. The van der Waals surface area contributed by atoms with Crippen molar-refractivity contribution in [2.45, 2.75) is 19.4 Å². The molecular weight excluding hydrogens is 264 g/mol. The third-order valence-electron chi connectivity index (χ3n) is 3.44. The third-order valence-corrected chi connectivity index (χ3v) is 3.44. The summed E-state index contributed by atoms with van der Waals surface area (Å²) in [7, 11) is 5.78. The van der Waals surface area contributed by atoms with Gasteiger partial charge in [0, 0.05) is 13.7 Å². The number of aliphatic imine (C=N–C) groups is 1. The summed E-state index contributed by atoms with van der Waals surface area (Å²) in [5.41, 5.74) is 8.45. The van der Waals surface area contributed by atoms with Gasteiger partial charge in [0.05, 0.1) is 19.2 Å². The van der Waals surface area contributed by atoms with E-state index in [0.717, 1.165) is 6.42 Å². The highest BCUT2D eigenvalue weighted by atomic mass is 16.5. The van der Waals surface area contributed by atoms with Crippen molar-refractivity contribution >= 4 is 5.96 Å². The highest BCUT2D eigenvalue weighted by molar-refractivity contribution is 5.77. The number of methoxy groups -OCH3 is 1. The van der Waals surface area contributed by atoms with Crippen LogP contribution >= 0.6 is 0 Å². The average molecular weight is 292 g/mol. The van der Waals surface area contributed by atoms with Crippen LogP contribution < -0.4 is 11.1 Å². The summed E-state index contributed by atoms with van der Waals surface area (Å²) in [6.07, 6.45) is 1.06. The first-order valence-electron chi connectivity index (χ1n) is 7.36. The Morgan fingerprint density at radius 2 is 2.00 bits per heavy atom. The molecule has 0 amide bonds. The lowest BCUT2D eigenvalue weighted by Gasteiger charge is -2.23. The monoisotopic (exact) mass is 292 g/mol. The molecule has 1 atom stereocenters. The maximum Gasteiger partial charge on any atom is 0.188 e. The van der Waals surface area contributed by atoms with E-state index in [1.54, 1.807) is 7.11 Å². The molecule has 0 aliphatic heterocycles. The number of rotatable bonds is 8. The van der Waals surface area contributed by atoms with Gasteiger partial charge in [-0.15, -0.1) is 0 Å². The number of guanidine groups is 1. The number of likely N-dealkylation sites (N-methyl/N-ethyl adjacent to an activating group) is 1. The van der Waals surface area contributed by atoms with Gasteiger partial charge in [0.2, 0.25) is 0 Å². The van der Waals surface area contributed by atoms with E-state index in [1.165, 1.54) is 11.1 Å². The van der Waals surface area contributed by atoms with Crippen molar-refractivity contribution in [2.24, 2.45) is 10.7 Å². The fourth-order valence-electron chi connectivity index (χ4n) is 2.06. The number of hydrogen-bond donors (Lipinski definition) is 2. The van der Waals surface area contributed by atoms with Gasteiger partial charge in [0.1, 0.15) is 0 Å². The zero-order valence-corrected chi connectivity index (χ0v) is 13.6. The van der Waals surface area contributed by atoms with Crippen LogP contribution in [0.1, 0.15) is 24.1 Å². The predicted molar refractivity (Wildman–Crippen MR) is 88.6 cm³/mol. The molecule has 0 bridgehead atoms. The topological polar surface area (TPSA) is 62.9 Å². The number of hydrogen-bond acceptors (Lipinski definition) is 3. The van der Waals surface area contributed by atoms with Gasteiger partial charge in [-0.1, -0.05) is 31.2 Å². The lowest BCUT2D eigenvalue weighted by molar-refractivity contribution is 0.204. The molecule has 21 heavy (non-hydrogen) atoms. The summed E-state index contributed by atoms with van der Waals surface area (Å²) in [5, 5.41) is 3.03. The molecule has 0 heterocycles. The second-order valence-corrected chi connectivity index (χ2v) is 5.22. The highest BCUT2D eigenvalue weighted by Crippen LogP contribution is 2.19. The molecule has 118 valence electrons. The van der Waals surface area contributed by atoms with Crippen molar-refractivity contribution in [1.82, 2.24) is 10.2 Å². The predicted octanol–water partition coefficient (Wildman–Crippen LogP) is 1.40. The number of nitrogens with one attached hydrogen (secondary N) is 1. The Morgan fingerprint density at radius 1 is 1.33 bits per heavy atom. The SMILES string of the molecule is CCc1ccc(C(CN=C(N)NCCOC)N(C)C)cc1. The minimum atomic E-state index is 0.221. The number of nitrogens with zero attached hydrogens (tertiary/aromatic N) is 2. The van der Waals surface area contributed by atoms with Crippen molar-refractivity contribution in [3.8, 4) is 0 Å². The molecule has 5 nitrogen and oxygen atoms in total. The molecule has 1 rings (SSSR count). The minimum absolute atomic E-state index is 0.221. The zero-order chi connectivity index (χ0) is 15.7. The Balaban J connectivity index is 2.66. The van der Waals surface area contributed by atoms with Gasteiger partial charge in [-0.3, -0.25) is 4.99 Å². The second kappa shape index (κ2) is 9.37. The van der Waals surface area contributed by atoms with Crippen LogP contribution in [-0.2, 0) is 11.2 Å².